The van der Waals surface area contributed by atoms with E-state index in [4.69, 9.17) is 0 Å². The highest BCUT2D eigenvalue weighted by atomic mass is 19.1. The van der Waals surface area contributed by atoms with Gasteiger partial charge in [0.1, 0.15) is 5.82 Å². The zero-order chi connectivity index (χ0) is 18.6. The molecule has 0 aliphatic carbocycles. The molecule has 2 rings (SSSR count). The van der Waals surface area contributed by atoms with Crippen LogP contribution in [0.25, 0.3) is 0 Å². The molecule has 0 spiro atoms. The highest BCUT2D eigenvalue weighted by molar-refractivity contribution is 5.94. The Kier molecular flexibility index (Phi) is 6.09. The number of nitrogens with zero attached hydrogens (tertiary/aromatic N) is 2. The SMILES string of the molecule is CC(C)CN(C[C@@H](O)c1ccc(F)cc1)C(=O)c1ccc(=O)n(C)c1. The van der Waals surface area contributed by atoms with Crippen LogP contribution >= 0.6 is 0 Å². The number of aromatic nitrogens is 1. The van der Waals surface area contributed by atoms with E-state index in [2.05, 4.69) is 0 Å². The van der Waals surface area contributed by atoms with Gasteiger partial charge in [0.25, 0.3) is 5.91 Å². The predicted molar refractivity (Wildman–Crippen MR) is 93.8 cm³/mol. The van der Waals surface area contributed by atoms with Gasteiger partial charge in [-0.2, -0.15) is 0 Å². The average Bonchev–Trinajstić information content (AvgIpc) is 2.56. The van der Waals surface area contributed by atoms with Crippen molar-refractivity contribution in [2.24, 2.45) is 13.0 Å². The molecule has 0 aliphatic rings. The van der Waals surface area contributed by atoms with Gasteiger partial charge in [-0.1, -0.05) is 26.0 Å². The third-order valence-electron chi connectivity index (χ3n) is 3.85. The molecule has 0 bridgehead atoms. The van der Waals surface area contributed by atoms with Gasteiger partial charge in [0.15, 0.2) is 0 Å². The number of aryl methyl sites for hydroxylation is 1. The van der Waals surface area contributed by atoms with Crippen LogP contribution in [-0.4, -0.2) is 33.6 Å². The van der Waals surface area contributed by atoms with Gasteiger partial charge in [-0.05, 0) is 29.7 Å². The smallest absolute Gasteiger partial charge is 0.255 e. The summed E-state index contributed by atoms with van der Waals surface area (Å²) in [6.45, 7) is 4.50. The van der Waals surface area contributed by atoms with Gasteiger partial charge in [-0.3, -0.25) is 9.59 Å². The monoisotopic (exact) mass is 346 g/mol. The van der Waals surface area contributed by atoms with Crippen LogP contribution in [0.3, 0.4) is 0 Å². The van der Waals surface area contributed by atoms with E-state index in [0.717, 1.165) is 0 Å². The molecule has 0 saturated heterocycles. The molecule has 134 valence electrons. The highest BCUT2D eigenvalue weighted by Gasteiger charge is 2.21. The van der Waals surface area contributed by atoms with E-state index in [9.17, 15) is 19.1 Å². The molecule has 0 fully saturated rings. The first-order chi connectivity index (χ1) is 11.8. The van der Waals surface area contributed by atoms with Crippen molar-refractivity contribution in [2.75, 3.05) is 13.1 Å². The Labute approximate surface area is 146 Å². The van der Waals surface area contributed by atoms with Crippen LogP contribution in [0.1, 0.15) is 35.9 Å². The van der Waals surface area contributed by atoms with Crippen LogP contribution in [0.15, 0.2) is 47.4 Å². The van der Waals surface area contributed by atoms with Gasteiger partial charge in [0.2, 0.25) is 5.56 Å². The third kappa shape index (κ3) is 5.00. The first-order valence-electron chi connectivity index (χ1n) is 8.17. The Hall–Kier alpha value is -2.47. The van der Waals surface area contributed by atoms with E-state index < -0.39 is 6.10 Å². The molecule has 1 aromatic heterocycles. The summed E-state index contributed by atoms with van der Waals surface area (Å²) in [5.74, 6) is -0.432. The van der Waals surface area contributed by atoms with E-state index in [1.807, 2.05) is 13.8 Å². The van der Waals surface area contributed by atoms with Crippen molar-refractivity contribution < 1.29 is 14.3 Å². The van der Waals surface area contributed by atoms with Gasteiger partial charge >= 0.3 is 0 Å². The first kappa shape index (κ1) is 18.9. The molecular weight excluding hydrogens is 323 g/mol. The minimum Gasteiger partial charge on any atom is -0.387 e. The van der Waals surface area contributed by atoms with Crippen molar-refractivity contribution in [3.8, 4) is 0 Å². The topological polar surface area (TPSA) is 62.5 Å². The van der Waals surface area contributed by atoms with Crippen LogP contribution in [0.2, 0.25) is 0 Å². The number of hydrogen-bond acceptors (Lipinski definition) is 3. The zero-order valence-electron chi connectivity index (χ0n) is 14.6. The standard InChI is InChI=1S/C19H23FN2O3/c1-13(2)10-22(12-17(23)14-4-7-16(20)8-5-14)19(25)15-6-9-18(24)21(3)11-15/h4-9,11,13,17,23H,10,12H2,1-3H3/t17-/m1/s1. The number of hydrogen-bond donors (Lipinski definition) is 1. The van der Waals surface area contributed by atoms with Crippen molar-refractivity contribution in [2.45, 2.75) is 20.0 Å². The normalized spacial score (nSPS) is 12.2. The maximum absolute atomic E-state index is 13.0. The summed E-state index contributed by atoms with van der Waals surface area (Å²) >= 11 is 0. The van der Waals surface area contributed by atoms with Crippen molar-refractivity contribution in [1.82, 2.24) is 9.47 Å². The number of halogens is 1. The van der Waals surface area contributed by atoms with Crippen molar-refractivity contribution in [1.29, 1.82) is 0 Å². The summed E-state index contributed by atoms with van der Waals surface area (Å²) in [4.78, 5) is 25.9. The molecule has 1 N–H and O–H groups in total. The fraction of sp³-hybridized carbons (Fsp3) is 0.368. The van der Waals surface area contributed by atoms with Gasteiger partial charge in [-0.15, -0.1) is 0 Å². The maximum atomic E-state index is 13.0. The lowest BCUT2D eigenvalue weighted by molar-refractivity contribution is 0.0593. The number of aliphatic hydroxyl groups is 1. The van der Waals surface area contributed by atoms with Crippen LogP contribution in [0.5, 0.6) is 0 Å². The van der Waals surface area contributed by atoms with Crippen LogP contribution in [-0.2, 0) is 7.05 Å². The molecular formula is C19H23FN2O3. The molecule has 0 unspecified atom stereocenters. The fourth-order valence-electron chi connectivity index (χ4n) is 2.58. The molecule has 0 saturated carbocycles. The molecule has 2 aromatic rings. The maximum Gasteiger partial charge on any atom is 0.255 e. The number of aliphatic hydroxyl groups excluding tert-OH is 1. The first-order valence-corrected chi connectivity index (χ1v) is 8.17. The summed E-state index contributed by atoms with van der Waals surface area (Å²) in [5, 5.41) is 10.4. The summed E-state index contributed by atoms with van der Waals surface area (Å²) in [6, 6.07) is 8.40. The average molecular weight is 346 g/mol. The van der Waals surface area contributed by atoms with Crippen molar-refractivity contribution >= 4 is 5.91 Å². The largest absolute Gasteiger partial charge is 0.387 e. The van der Waals surface area contributed by atoms with E-state index in [1.165, 1.54) is 47.2 Å². The molecule has 1 heterocycles. The highest BCUT2D eigenvalue weighted by Crippen LogP contribution is 2.17. The Morgan fingerprint density at radius 3 is 2.36 bits per heavy atom. The molecule has 25 heavy (non-hydrogen) atoms. The summed E-state index contributed by atoms with van der Waals surface area (Å²) in [5.41, 5.74) is 0.732. The Balaban J connectivity index is 2.22. The van der Waals surface area contributed by atoms with E-state index >= 15 is 0 Å². The Morgan fingerprint density at radius 2 is 1.80 bits per heavy atom. The Bertz CT molecular complexity index is 784. The summed E-state index contributed by atoms with van der Waals surface area (Å²) < 4.78 is 14.4. The molecule has 5 nitrogen and oxygen atoms in total. The molecule has 1 atom stereocenters. The quantitative estimate of drug-likeness (QED) is 0.873. The number of carbonyl (C=O) groups excluding carboxylic acids is 1. The molecule has 6 heteroatoms. The van der Waals surface area contributed by atoms with Crippen LogP contribution in [0.4, 0.5) is 4.39 Å². The number of carbonyl (C=O) groups is 1. The number of pyridine rings is 1. The zero-order valence-corrected chi connectivity index (χ0v) is 14.6. The third-order valence-corrected chi connectivity index (χ3v) is 3.85. The second kappa shape index (κ2) is 8.07. The molecule has 0 radical (unpaired) electrons. The van der Waals surface area contributed by atoms with Crippen molar-refractivity contribution in [3.63, 3.8) is 0 Å². The van der Waals surface area contributed by atoms with E-state index in [-0.39, 0.29) is 29.7 Å². The predicted octanol–water partition coefficient (Wildman–Crippen LogP) is 2.36. The van der Waals surface area contributed by atoms with Crippen LogP contribution < -0.4 is 5.56 Å². The van der Waals surface area contributed by atoms with Crippen molar-refractivity contribution in [3.05, 3.63) is 69.9 Å². The minimum absolute atomic E-state index is 0.0888. The van der Waals surface area contributed by atoms with Gasteiger partial charge in [0, 0.05) is 25.9 Å². The lowest BCUT2D eigenvalue weighted by atomic mass is 10.1. The summed E-state index contributed by atoms with van der Waals surface area (Å²) in [7, 11) is 1.58. The van der Waals surface area contributed by atoms with Gasteiger partial charge in [0.05, 0.1) is 18.2 Å². The molecule has 0 aliphatic heterocycles. The Morgan fingerprint density at radius 1 is 1.16 bits per heavy atom. The van der Waals surface area contributed by atoms with Crippen LogP contribution in [0, 0.1) is 11.7 Å². The molecule has 1 amide bonds. The minimum atomic E-state index is -0.921. The van der Waals surface area contributed by atoms with E-state index in [0.29, 0.717) is 17.7 Å². The molecule has 1 aromatic carbocycles. The second-order valence-electron chi connectivity index (χ2n) is 6.54. The lowest BCUT2D eigenvalue weighted by Crippen LogP contribution is -2.38. The van der Waals surface area contributed by atoms with Gasteiger partial charge in [-0.25, -0.2) is 4.39 Å². The lowest BCUT2D eigenvalue weighted by Gasteiger charge is -2.27. The number of rotatable bonds is 6. The van der Waals surface area contributed by atoms with E-state index in [1.54, 1.807) is 11.9 Å². The number of amides is 1. The fourth-order valence-corrected chi connectivity index (χ4v) is 2.58. The summed E-state index contributed by atoms with van der Waals surface area (Å²) in [6.07, 6.45) is 0.568. The second-order valence-corrected chi connectivity index (χ2v) is 6.54. The number of benzene rings is 1. The van der Waals surface area contributed by atoms with Gasteiger partial charge < -0.3 is 14.6 Å².